The highest BCUT2D eigenvalue weighted by atomic mass is 16.2. The molecule has 0 bridgehead atoms. The Morgan fingerprint density at radius 1 is 1.17 bits per heavy atom. The summed E-state index contributed by atoms with van der Waals surface area (Å²) in [6.45, 7) is 2.45. The molecule has 0 fully saturated rings. The highest BCUT2D eigenvalue weighted by Gasteiger charge is 2.30. The van der Waals surface area contributed by atoms with Crippen molar-refractivity contribution in [2.24, 2.45) is 0 Å². The van der Waals surface area contributed by atoms with Crippen molar-refractivity contribution < 1.29 is 19.2 Å². The third kappa shape index (κ3) is 3.39. The number of carbonyl (C=O) groups excluding carboxylic acids is 4. The Labute approximate surface area is 171 Å². The summed E-state index contributed by atoms with van der Waals surface area (Å²) in [5.41, 5.74) is 2.67. The number of aldehydes is 1. The molecule has 2 amide bonds. The number of ketones is 1. The molecule has 3 aromatic rings. The summed E-state index contributed by atoms with van der Waals surface area (Å²) in [7, 11) is 0. The number of fused-ring (bicyclic) bond motifs is 1. The van der Waals surface area contributed by atoms with E-state index in [4.69, 9.17) is 0 Å². The lowest BCUT2D eigenvalue weighted by Gasteiger charge is -2.09. The lowest BCUT2D eigenvalue weighted by molar-refractivity contribution is -0.121. The van der Waals surface area contributed by atoms with E-state index < -0.39 is 11.8 Å². The van der Waals surface area contributed by atoms with E-state index >= 15 is 0 Å². The van der Waals surface area contributed by atoms with Crippen LogP contribution in [0.2, 0.25) is 0 Å². The second kappa shape index (κ2) is 7.75. The molecule has 0 saturated heterocycles. The van der Waals surface area contributed by atoms with Crippen molar-refractivity contribution >= 4 is 35.3 Å². The number of benzene rings is 2. The number of nitrogens with one attached hydrogen (secondary N) is 2. The van der Waals surface area contributed by atoms with Crippen LogP contribution in [0.5, 0.6) is 0 Å². The van der Waals surface area contributed by atoms with Crippen LogP contribution in [0.4, 0.5) is 11.4 Å². The van der Waals surface area contributed by atoms with Gasteiger partial charge in [-0.05, 0) is 36.8 Å². The minimum atomic E-state index is -0.848. The van der Waals surface area contributed by atoms with Crippen LogP contribution in [0.15, 0.2) is 54.7 Å². The average molecular weight is 402 g/mol. The monoisotopic (exact) mass is 402 g/mol. The van der Waals surface area contributed by atoms with E-state index in [0.717, 1.165) is 0 Å². The van der Waals surface area contributed by atoms with Crippen LogP contribution < -0.4 is 10.6 Å². The second-order valence-electron chi connectivity index (χ2n) is 6.80. The molecular weight excluding hydrogens is 384 g/mol. The Morgan fingerprint density at radius 3 is 2.73 bits per heavy atom. The normalized spacial score (nSPS) is 14.7. The van der Waals surface area contributed by atoms with E-state index in [1.165, 1.54) is 0 Å². The molecule has 0 aliphatic carbocycles. The van der Waals surface area contributed by atoms with Crippen LogP contribution in [0.3, 0.4) is 0 Å². The van der Waals surface area contributed by atoms with Crippen molar-refractivity contribution in [2.75, 3.05) is 10.6 Å². The van der Waals surface area contributed by atoms with E-state index in [0.29, 0.717) is 46.6 Å². The second-order valence-corrected chi connectivity index (χ2v) is 6.80. The maximum absolute atomic E-state index is 12.9. The molecule has 8 heteroatoms. The molecule has 1 atom stereocenters. The fraction of sp³-hybridized carbons (Fsp3) is 0.136. The van der Waals surface area contributed by atoms with Crippen LogP contribution in [-0.4, -0.2) is 33.7 Å². The van der Waals surface area contributed by atoms with Gasteiger partial charge in [-0.1, -0.05) is 24.3 Å². The summed E-state index contributed by atoms with van der Waals surface area (Å²) >= 11 is 0. The summed E-state index contributed by atoms with van der Waals surface area (Å²) in [6, 6.07) is 13.0. The van der Waals surface area contributed by atoms with Gasteiger partial charge in [-0.2, -0.15) is 5.10 Å². The van der Waals surface area contributed by atoms with Crippen molar-refractivity contribution in [1.29, 1.82) is 0 Å². The molecule has 1 aliphatic rings. The molecule has 2 aromatic carbocycles. The topological polar surface area (TPSA) is 110 Å². The molecule has 150 valence electrons. The predicted molar refractivity (Wildman–Crippen MR) is 110 cm³/mol. The smallest absolute Gasteiger partial charge is 0.273 e. The first-order valence-corrected chi connectivity index (χ1v) is 9.40. The standard InChI is InChI=1S/C22H18N4O4/c1-2-26-19(8-9-23-26)22(30)24-15-5-3-4-13(10-15)20(28)14-6-7-16-17(12-27)21(29)25-18(16)11-14/h3-12,17H,2H2,1H3,(H,24,30)(H,25,29). The zero-order valence-electron chi connectivity index (χ0n) is 16.1. The number of aryl methyl sites for hydroxylation is 1. The molecule has 1 aromatic heterocycles. The molecule has 0 spiro atoms. The molecule has 2 N–H and O–H groups in total. The molecule has 0 radical (unpaired) electrons. The number of amides is 2. The van der Waals surface area contributed by atoms with Gasteiger partial charge in [0.2, 0.25) is 5.91 Å². The van der Waals surface area contributed by atoms with Gasteiger partial charge in [-0.25, -0.2) is 0 Å². The first-order valence-electron chi connectivity index (χ1n) is 9.40. The van der Waals surface area contributed by atoms with E-state index in [1.54, 1.807) is 59.4 Å². The lowest BCUT2D eigenvalue weighted by Crippen LogP contribution is -2.17. The number of rotatable bonds is 6. The fourth-order valence-electron chi connectivity index (χ4n) is 3.44. The highest BCUT2D eigenvalue weighted by molar-refractivity contribution is 6.14. The molecule has 4 rings (SSSR count). The number of aromatic nitrogens is 2. The van der Waals surface area contributed by atoms with Gasteiger partial charge in [0.15, 0.2) is 5.78 Å². The Kier molecular flexibility index (Phi) is 4.97. The van der Waals surface area contributed by atoms with Gasteiger partial charge in [0.25, 0.3) is 5.91 Å². The minimum absolute atomic E-state index is 0.267. The number of carbonyl (C=O) groups is 4. The summed E-state index contributed by atoms with van der Waals surface area (Å²) in [5, 5.41) is 9.48. The van der Waals surface area contributed by atoms with Gasteiger partial charge >= 0.3 is 0 Å². The molecule has 8 nitrogen and oxygen atoms in total. The van der Waals surface area contributed by atoms with Crippen LogP contribution in [0.25, 0.3) is 0 Å². The summed E-state index contributed by atoms with van der Waals surface area (Å²) < 4.78 is 1.58. The average Bonchev–Trinajstić information content (AvgIpc) is 3.36. The maximum Gasteiger partial charge on any atom is 0.273 e. The number of anilines is 2. The van der Waals surface area contributed by atoms with Gasteiger partial charge in [-0.15, -0.1) is 0 Å². The van der Waals surface area contributed by atoms with Crippen molar-refractivity contribution in [3.63, 3.8) is 0 Å². The number of hydrogen-bond acceptors (Lipinski definition) is 5. The van der Waals surface area contributed by atoms with Crippen molar-refractivity contribution in [1.82, 2.24) is 9.78 Å². The fourth-order valence-corrected chi connectivity index (χ4v) is 3.44. The van der Waals surface area contributed by atoms with Crippen molar-refractivity contribution in [2.45, 2.75) is 19.4 Å². The molecule has 2 heterocycles. The van der Waals surface area contributed by atoms with Crippen LogP contribution >= 0.6 is 0 Å². The molecule has 1 aliphatic heterocycles. The zero-order chi connectivity index (χ0) is 21.3. The number of hydrogen-bond donors (Lipinski definition) is 2. The maximum atomic E-state index is 12.9. The molecule has 1 unspecified atom stereocenters. The minimum Gasteiger partial charge on any atom is -0.325 e. The summed E-state index contributed by atoms with van der Waals surface area (Å²) in [4.78, 5) is 48.4. The Bertz CT molecular complexity index is 1180. The lowest BCUT2D eigenvalue weighted by atomic mass is 9.97. The van der Waals surface area contributed by atoms with Gasteiger partial charge in [0.05, 0.1) is 0 Å². The molecule has 30 heavy (non-hydrogen) atoms. The van der Waals surface area contributed by atoms with E-state index in [-0.39, 0.29) is 11.7 Å². The van der Waals surface area contributed by atoms with Crippen LogP contribution in [0, 0.1) is 0 Å². The van der Waals surface area contributed by atoms with Gasteiger partial charge < -0.3 is 15.4 Å². The van der Waals surface area contributed by atoms with Crippen LogP contribution in [0.1, 0.15) is 44.8 Å². The van der Waals surface area contributed by atoms with Gasteiger partial charge in [0, 0.05) is 35.2 Å². The quantitative estimate of drug-likeness (QED) is 0.374. The molecular formula is C22H18N4O4. The third-order valence-corrected chi connectivity index (χ3v) is 4.96. The zero-order valence-corrected chi connectivity index (χ0v) is 16.1. The Balaban J connectivity index is 1.56. The summed E-state index contributed by atoms with van der Waals surface area (Å²) in [6.07, 6.45) is 2.14. The van der Waals surface area contributed by atoms with E-state index in [1.807, 2.05) is 6.92 Å². The largest absolute Gasteiger partial charge is 0.325 e. The predicted octanol–water partition coefficient (Wildman–Crippen LogP) is 2.62. The molecule has 0 saturated carbocycles. The van der Waals surface area contributed by atoms with E-state index in [9.17, 15) is 19.2 Å². The first kappa shape index (κ1) is 19.3. The Morgan fingerprint density at radius 2 is 1.97 bits per heavy atom. The SMILES string of the molecule is CCn1nccc1C(=O)Nc1cccc(C(=O)c2ccc3c(c2)NC(=O)C3C=O)c1. The van der Waals surface area contributed by atoms with Crippen molar-refractivity contribution in [3.8, 4) is 0 Å². The third-order valence-electron chi connectivity index (χ3n) is 4.96. The first-order chi connectivity index (χ1) is 14.5. The van der Waals surface area contributed by atoms with Crippen molar-refractivity contribution in [3.05, 3.63) is 77.1 Å². The van der Waals surface area contributed by atoms with Gasteiger partial charge in [-0.3, -0.25) is 19.1 Å². The highest BCUT2D eigenvalue weighted by Crippen LogP contribution is 2.32. The van der Waals surface area contributed by atoms with Gasteiger partial charge in [0.1, 0.15) is 17.9 Å². The number of nitrogens with zero attached hydrogens (tertiary/aromatic N) is 2. The van der Waals surface area contributed by atoms with E-state index in [2.05, 4.69) is 15.7 Å². The van der Waals surface area contributed by atoms with Crippen LogP contribution in [-0.2, 0) is 16.1 Å². The Hall–Kier alpha value is -4.07. The summed E-state index contributed by atoms with van der Waals surface area (Å²) in [5.74, 6) is -1.84.